The van der Waals surface area contributed by atoms with Crippen LogP contribution in [0.5, 0.6) is 0 Å². The number of rotatable bonds is 4. The van der Waals surface area contributed by atoms with Gasteiger partial charge in [-0.2, -0.15) is 0 Å². The van der Waals surface area contributed by atoms with Crippen LogP contribution in [0.1, 0.15) is 0 Å². The van der Waals surface area contributed by atoms with Crippen molar-refractivity contribution in [3.63, 3.8) is 0 Å². The summed E-state index contributed by atoms with van der Waals surface area (Å²) in [6, 6.07) is 0. The summed E-state index contributed by atoms with van der Waals surface area (Å²) in [5.41, 5.74) is 0. The number of hydrogen-bond acceptors (Lipinski definition) is 5. The minimum atomic E-state index is -1.49. The second-order valence-corrected chi connectivity index (χ2v) is 1.99. The van der Waals surface area contributed by atoms with Crippen LogP contribution >= 0.6 is 0 Å². The molecule has 0 aliphatic carbocycles. The van der Waals surface area contributed by atoms with Gasteiger partial charge in [-0.3, -0.25) is 0 Å². The summed E-state index contributed by atoms with van der Waals surface area (Å²) >= 11 is 0. The van der Waals surface area contributed by atoms with Crippen molar-refractivity contribution in [2.75, 3.05) is 13.2 Å². The lowest BCUT2D eigenvalue weighted by molar-refractivity contribution is -0.0900. The first-order valence-corrected chi connectivity index (χ1v) is 2.89. The maximum Gasteiger partial charge on any atom is 0.110 e. The van der Waals surface area contributed by atoms with Gasteiger partial charge in [0.25, 0.3) is 0 Å². The summed E-state index contributed by atoms with van der Waals surface area (Å²) in [4.78, 5) is 0. The van der Waals surface area contributed by atoms with Gasteiger partial charge in [-0.05, 0) is 0 Å². The zero-order valence-corrected chi connectivity index (χ0v) is 5.88. The van der Waals surface area contributed by atoms with Crippen molar-refractivity contribution in [1.82, 2.24) is 0 Å². The minimum Gasteiger partial charge on any atom is -0.412 e. The Morgan fingerprint density at radius 3 is 1.27 bits per heavy atom. The third kappa shape index (κ3) is 4.25. The van der Waals surface area contributed by atoms with E-state index in [1.807, 2.05) is 0 Å². The Morgan fingerprint density at radius 1 is 0.818 bits per heavy atom. The highest BCUT2D eigenvalue weighted by molar-refractivity contribution is 4.73. The van der Waals surface area contributed by atoms with Crippen LogP contribution in [0.3, 0.4) is 0 Å². The lowest BCUT2D eigenvalue weighted by atomic mass is 10.1. The maximum absolute atomic E-state index is 8.77. The second kappa shape index (κ2) is 6.47. The van der Waals surface area contributed by atoms with Crippen LogP contribution < -0.4 is 0 Å². The largest absolute Gasteiger partial charge is 0.412 e. The standard InChI is InChI=1S/C5H12O5.H2O/c6-1-3(8)5(10)4(9)2-7;/h3-10H,1-2H2;1H2/t3-,4+,5?;. The molecule has 0 spiro atoms. The fraction of sp³-hybridized carbons (Fsp3) is 1.00. The molecular formula is C5H14O6. The summed E-state index contributed by atoms with van der Waals surface area (Å²) in [6.45, 7) is -1.28. The Labute approximate surface area is 63.7 Å². The Kier molecular flexibility index (Phi) is 7.85. The molecule has 0 saturated carbocycles. The molecule has 0 saturated heterocycles. The van der Waals surface area contributed by atoms with Crippen molar-refractivity contribution >= 4 is 0 Å². The Balaban J connectivity index is 0. The van der Waals surface area contributed by atoms with E-state index in [1.165, 1.54) is 0 Å². The molecule has 6 heteroatoms. The van der Waals surface area contributed by atoms with Gasteiger partial charge in [0.15, 0.2) is 0 Å². The first kappa shape index (κ1) is 13.4. The van der Waals surface area contributed by atoms with Crippen molar-refractivity contribution in [2.45, 2.75) is 18.3 Å². The Hall–Kier alpha value is -0.240. The van der Waals surface area contributed by atoms with E-state index in [2.05, 4.69) is 0 Å². The molecule has 0 aliphatic heterocycles. The van der Waals surface area contributed by atoms with Gasteiger partial charge in [0.2, 0.25) is 0 Å². The molecule has 11 heavy (non-hydrogen) atoms. The highest BCUT2D eigenvalue weighted by atomic mass is 16.4. The molecule has 0 aliphatic rings. The highest BCUT2D eigenvalue weighted by Crippen LogP contribution is 1.97. The predicted molar refractivity (Wildman–Crippen MR) is 35.8 cm³/mol. The molecule has 0 aromatic carbocycles. The Bertz CT molecular complexity index is 77.0. The molecule has 0 fully saturated rings. The molecule has 0 aromatic rings. The molecule has 1 unspecified atom stereocenters. The molecule has 6 nitrogen and oxygen atoms in total. The van der Waals surface area contributed by atoms with E-state index in [0.717, 1.165) is 0 Å². The van der Waals surface area contributed by atoms with Gasteiger partial charge in [0.1, 0.15) is 18.3 Å². The van der Waals surface area contributed by atoms with E-state index < -0.39 is 31.5 Å². The first-order valence-electron chi connectivity index (χ1n) is 2.89. The summed E-state index contributed by atoms with van der Waals surface area (Å²) < 4.78 is 0. The van der Waals surface area contributed by atoms with Gasteiger partial charge in [0.05, 0.1) is 13.2 Å². The lowest BCUT2D eigenvalue weighted by Crippen LogP contribution is -2.41. The van der Waals surface area contributed by atoms with Gasteiger partial charge in [0, 0.05) is 0 Å². The zero-order chi connectivity index (χ0) is 8.15. The molecule has 3 atom stereocenters. The average Bonchev–Trinajstić information content (AvgIpc) is 2.00. The quantitative estimate of drug-likeness (QED) is 0.295. The van der Waals surface area contributed by atoms with Crippen LogP contribution in [-0.2, 0) is 0 Å². The predicted octanol–water partition coefficient (Wildman–Crippen LogP) is -3.77. The van der Waals surface area contributed by atoms with E-state index in [4.69, 9.17) is 25.5 Å². The normalized spacial score (nSPS) is 18.3. The van der Waals surface area contributed by atoms with Crippen LogP contribution in [0, 0.1) is 0 Å². The fourth-order valence-corrected chi connectivity index (χ4v) is 0.472. The van der Waals surface area contributed by atoms with E-state index >= 15 is 0 Å². The smallest absolute Gasteiger partial charge is 0.110 e. The van der Waals surface area contributed by atoms with Crippen LogP contribution in [-0.4, -0.2) is 62.5 Å². The topological polar surface area (TPSA) is 133 Å². The van der Waals surface area contributed by atoms with Gasteiger partial charge in [-0.15, -0.1) is 0 Å². The number of hydrogen-bond donors (Lipinski definition) is 5. The second-order valence-electron chi connectivity index (χ2n) is 1.99. The average molecular weight is 170 g/mol. The van der Waals surface area contributed by atoms with Crippen LogP contribution in [0.15, 0.2) is 0 Å². The molecule has 0 aromatic heterocycles. The number of aliphatic hydroxyl groups is 5. The molecule has 0 bridgehead atoms. The van der Waals surface area contributed by atoms with Crippen molar-refractivity contribution in [3.8, 4) is 0 Å². The summed E-state index contributed by atoms with van der Waals surface area (Å²) in [6.07, 6.45) is -4.29. The van der Waals surface area contributed by atoms with Crippen LogP contribution in [0.25, 0.3) is 0 Å². The van der Waals surface area contributed by atoms with Gasteiger partial charge >= 0.3 is 0 Å². The molecule has 70 valence electrons. The third-order valence-electron chi connectivity index (χ3n) is 1.16. The fourth-order valence-electron chi connectivity index (χ4n) is 0.472. The molecular weight excluding hydrogens is 156 g/mol. The van der Waals surface area contributed by atoms with Gasteiger partial charge in [-0.1, -0.05) is 0 Å². The van der Waals surface area contributed by atoms with Crippen molar-refractivity contribution in [2.24, 2.45) is 0 Å². The number of aliphatic hydroxyl groups excluding tert-OH is 5. The lowest BCUT2D eigenvalue weighted by Gasteiger charge is -2.19. The molecule has 0 rings (SSSR count). The minimum absolute atomic E-state index is 0. The molecule has 0 amide bonds. The zero-order valence-electron chi connectivity index (χ0n) is 5.88. The first-order chi connectivity index (χ1) is 4.63. The van der Waals surface area contributed by atoms with Gasteiger partial charge in [-0.25, -0.2) is 0 Å². The van der Waals surface area contributed by atoms with E-state index in [-0.39, 0.29) is 5.48 Å². The van der Waals surface area contributed by atoms with E-state index in [0.29, 0.717) is 0 Å². The molecule has 0 radical (unpaired) electrons. The summed E-state index contributed by atoms with van der Waals surface area (Å²) in [5.74, 6) is 0. The van der Waals surface area contributed by atoms with Crippen molar-refractivity contribution in [1.29, 1.82) is 0 Å². The third-order valence-corrected chi connectivity index (χ3v) is 1.16. The summed E-state index contributed by atoms with van der Waals surface area (Å²) in [7, 11) is 0. The SMILES string of the molecule is O.OC[C@@H](O)C(O)[C@@H](O)CO. The monoisotopic (exact) mass is 170 g/mol. The highest BCUT2D eigenvalue weighted by Gasteiger charge is 2.22. The van der Waals surface area contributed by atoms with Crippen molar-refractivity contribution in [3.05, 3.63) is 0 Å². The molecule has 7 N–H and O–H groups in total. The van der Waals surface area contributed by atoms with Crippen LogP contribution in [0.2, 0.25) is 0 Å². The van der Waals surface area contributed by atoms with Gasteiger partial charge < -0.3 is 31.0 Å². The maximum atomic E-state index is 8.77. The van der Waals surface area contributed by atoms with Crippen LogP contribution in [0.4, 0.5) is 0 Å². The van der Waals surface area contributed by atoms with E-state index in [9.17, 15) is 0 Å². The molecule has 0 heterocycles. The van der Waals surface area contributed by atoms with Crippen molar-refractivity contribution < 1.29 is 31.0 Å². The Morgan fingerprint density at radius 2 is 1.09 bits per heavy atom. The summed E-state index contributed by atoms with van der Waals surface area (Å²) in [5, 5.41) is 42.6. The van der Waals surface area contributed by atoms with E-state index in [1.54, 1.807) is 0 Å².